The Morgan fingerprint density at radius 1 is 0.800 bits per heavy atom. The molecule has 1 atom stereocenters. The van der Waals surface area contributed by atoms with E-state index < -0.39 is 10.0 Å². The molecule has 2 fully saturated rings. The van der Waals surface area contributed by atoms with Crippen molar-refractivity contribution >= 4 is 15.9 Å². The summed E-state index contributed by atoms with van der Waals surface area (Å²) in [6.45, 7) is 3.54. The zero-order chi connectivity index (χ0) is 21.0. The lowest BCUT2D eigenvalue weighted by atomic mass is 10.0. The maximum atomic E-state index is 13.3. The van der Waals surface area contributed by atoms with E-state index in [4.69, 9.17) is 0 Å². The predicted molar refractivity (Wildman–Crippen MR) is 117 cm³/mol. The summed E-state index contributed by atoms with van der Waals surface area (Å²) < 4.78 is 27.3. The van der Waals surface area contributed by atoms with E-state index in [0.717, 1.165) is 37.1 Å². The summed E-state index contributed by atoms with van der Waals surface area (Å²) in [6.07, 6.45) is 2.11. The number of likely N-dealkylation sites (tertiary alicyclic amines) is 1. The van der Waals surface area contributed by atoms with Crippen LogP contribution in [0.5, 0.6) is 0 Å². The van der Waals surface area contributed by atoms with Gasteiger partial charge in [-0.15, -0.1) is 0 Å². The van der Waals surface area contributed by atoms with Gasteiger partial charge in [-0.1, -0.05) is 60.7 Å². The number of hydrogen-bond acceptors (Lipinski definition) is 4. The molecule has 2 heterocycles. The highest BCUT2D eigenvalue weighted by Crippen LogP contribution is 2.27. The molecule has 0 unspecified atom stereocenters. The smallest absolute Gasteiger partial charge is 0.244 e. The summed E-state index contributed by atoms with van der Waals surface area (Å²) in [7, 11) is -3.37. The lowest BCUT2D eigenvalue weighted by Gasteiger charge is -2.39. The molecule has 0 saturated carbocycles. The number of hydrogen-bond donors (Lipinski definition) is 0. The van der Waals surface area contributed by atoms with Crippen molar-refractivity contribution in [2.75, 3.05) is 39.3 Å². The molecular weight excluding hydrogens is 398 g/mol. The van der Waals surface area contributed by atoms with Gasteiger partial charge in [0.2, 0.25) is 15.9 Å². The van der Waals surface area contributed by atoms with Gasteiger partial charge in [-0.3, -0.25) is 9.69 Å². The zero-order valence-electron chi connectivity index (χ0n) is 17.2. The molecule has 0 radical (unpaired) electrons. The van der Waals surface area contributed by atoms with E-state index in [9.17, 15) is 13.2 Å². The first-order valence-corrected chi connectivity index (χ1v) is 12.2. The summed E-state index contributed by atoms with van der Waals surface area (Å²) in [5.74, 6) is 0.155. The van der Waals surface area contributed by atoms with Gasteiger partial charge in [-0.2, -0.15) is 4.31 Å². The van der Waals surface area contributed by atoms with E-state index in [-0.39, 0.29) is 17.7 Å². The average Bonchev–Trinajstić information content (AvgIpc) is 3.30. The van der Waals surface area contributed by atoms with Crippen molar-refractivity contribution in [2.45, 2.75) is 24.6 Å². The van der Waals surface area contributed by atoms with Crippen molar-refractivity contribution in [1.82, 2.24) is 14.1 Å². The molecule has 0 bridgehead atoms. The fourth-order valence-corrected chi connectivity index (χ4v) is 5.89. The number of piperazine rings is 1. The van der Waals surface area contributed by atoms with Gasteiger partial charge < -0.3 is 4.90 Å². The van der Waals surface area contributed by atoms with Crippen LogP contribution in [0.1, 0.15) is 30.0 Å². The average molecular weight is 428 g/mol. The van der Waals surface area contributed by atoms with Crippen molar-refractivity contribution in [3.63, 3.8) is 0 Å². The number of rotatable bonds is 6. The Hall–Kier alpha value is -2.22. The molecule has 0 N–H and O–H groups in total. The summed E-state index contributed by atoms with van der Waals surface area (Å²) in [5, 5.41) is 0. The van der Waals surface area contributed by atoms with Crippen molar-refractivity contribution in [2.24, 2.45) is 0 Å². The van der Waals surface area contributed by atoms with Gasteiger partial charge in [-0.05, 0) is 24.0 Å². The van der Waals surface area contributed by atoms with Crippen LogP contribution >= 0.6 is 0 Å². The molecule has 2 aliphatic rings. The highest BCUT2D eigenvalue weighted by atomic mass is 32.2. The Morgan fingerprint density at radius 2 is 1.37 bits per heavy atom. The molecule has 1 amide bonds. The maximum Gasteiger partial charge on any atom is 0.244 e. The number of carbonyl (C=O) groups is 1. The van der Waals surface area contributed by atoms with Gasteiger partial charge in [0.25, 0.3) is 0 Å². The van der Waals surface area contributed by atoms with E-state index in [1.165, 1.54) is 0 Å². The van der Waals surface area contributed by atoms with Gasteiger partial charge >= 0.3 is 0 Å². The molecule has 0 spiro atoms. The van der Waals surface area contributed by atoms with Gasteiger partial charge in [-0.25, -0.2) is 8.42 Å². The number of amides is 1. The Balaban J connectivity index is 1.46. The Labute approximate surface area is 179 Å². The van der Waals surface area contributed by atoms with E-state index in [1.807, 2.05) is 65.6 Å². The molecule has 2 aromatic carbocycles. The SMILES string of the molecule is O=C([C@H](c1ccccc1)N1CCN(S(=O)(=O)Cc2ccccc2)CC1)N1CCCC1. The van der Waals surface area contributed by atoms with Crippen molar-refractivity contribution < 1.29 is 13.2 Å². The van der Waals surface area contributed by atoms with Crippen LogP contribution in [0.25, 0.3) is 0 Å². The van der Waals surface area contributed by atoms with Crippen LogP contribution in [0.15, 0.2) is 60.7 Å². The lowest BCUT2D eigenvalue weighted by Crippen LogP contribution is -2.52. The van der Waals surface area contributed by atoms with Crippen LogP contribution in [0.4, 0.5) is 0 Å². The number of sulfonamides is 1. The van der Waals surface area contributed by atoms with Crippen LogP contribution in [0.2, 0.25) is 0 Å². The second-order valence-electron chi connectivity index (χ2n) is 8.02. The largest absolute Gasteiger partial charge is 0.341 e. The van der Waals surface area contributed by atoms with E-state index in [0.29, 0.717) is 26.2 Å². The molecule has 0 aromatic heterocycles. The predicted octanol–water partition coefficient (Wildman–Crippen LogP) is 2.50. The zero-order valence-corrected chi connectivity index (χ0v) is 18.0. The number of benzene rings is 2. The molecule has 2 aliphatic heterocycles. The highest BCUT2D eigenvalue weighted by molar-refractivity contribution is 7.88. The fraction of sp³-hybridized carbons (Fsp3) is 0.435. The van der Waals surface area contributed by atoms with E-state index in [2.05, 4.69) is 4.90 Å². The Bertz CT molecular complexity index is 936. The quantitative estimate of drug-likeness (QED) is 0.711. The summed E-state index contributed by atoms with van der Waals surface area (Å²) in [4.78, 5) is 17.4. The number of carbonyl (C=O) groups excluding carboxylic acids is 1. The standard InChI is InChI=1S/C23H29N3O3S/c27-23(25-13-7-8-14-25)22(21-11-5-2-6-12-21)24-15-17-26(18-16-24)30(28,29)19-20-9-3-1-4-10-20/h1-6,9-12,22H,7-8,13-19H2/t22-/m0/s1. The van der Waals surface area contributed by atoms with Crippen LogP contribution < -0.4 is 0 Å². The monoisotopic (exact) mass is 427 g/mol. The summed E-state index contributed by atoms with van der Waals surface area (Å²) in [5.41, 5.74) is 1.78. The molecule has 0 aliphatic carbocycles. The molecular formula is C23H29N3O3S. The normalized spacial score (nSPS) is 19.7. The van der Waals surface area contributed by atoms with Crippen LogP contribution in [0, 0.1) is 0 Å². The second-order valence-corrected chi connectivity index (χ2v) is 9.99. The van der Waals surface area contributed by atoms with Gasteiger partial charge in [0.1, 0.15) is 6.04 Å². The number of nitrogens with zero attached hydrogens (tertiary/aromatic N) is 3. The topological polar surface area (TPSA) is 60.9 Å². The molecule has 4 rings (SSSR count). The first-order chi connectivity index (χ1) is 14.5. The summed E-state index contributed by atoms with van der Waals surface area (Å²) >= 11 is 0. The first kappa shape index (κ1) is 21.0. The maximum absolute atomic E-state index is 13.3. The minimum atomic E-state index is -3.37. The van der Waals surface area contributed by atoms with Crippen LogP contribution in [-0.2, 0) is 20.6 Å². The Kier molecular flexibility index (Phi) is 6.51. The van der Waals surface area contributed by atoms with Crippen molar-refractivity contribution in [3.8, 4) is 0 Å². The van der Waals surface area contributed by atoms with Gasteiger partial charge in [0.15, 0.2) is 0 Å². The second kappa shape index (κ2) is 9.29. The van der Waals surface area contributed by atoms with Gasteiger partial charge in [0, 0.05) is 39.3 Å². The first-order valence-electron chi connectivity index (χ1n) is 10.6. The Morgan fingerprint density at radius 3 is 1.97 bits per heavy atom. The molecule has 2 aromatic rings. The molecule has 7 heteroatoms. The third-order valence-corrected chi connectivity index (χ3v) is 7.84. The van der Waals surface area contributed by atoms with E-state index >= 15 is 0 Å². The van der Waals surface area contributed by atoms with Crippen LogP contribution in [-0.4, -0.2) is 67.7 Å². The molecule has 6 nitrogen and oxygen atoms in total. The molecule has 2 saturated heterocycles. The van der Waals surface area contributed by atoms with Crippen molar-refractivity contribution in [3.05, 3.63) is 71.8 Å². The lowest BCUT2D eigenvalue weighted by molar-refractivity contribution is -0.136. The van der Waals surface area contributed by atoms with E-state index in [1.54, 1.807) is 4.31 Å². The third-order valence-electron chi connectivity index (χ3n) is 5.99. The van der Waals surface area contributed by atoms with Crippen LogP contribution in [0.3, 0.4) is 0 Å². The fourth-order valence-electron chi connectivity index (χ4n) is 4.37. The third kappa shape index (κ3) is 4.74. The van der Waals surface area contributed by atoms with Crippen molar-refractivity contribution in [1.29, 1.82) is 0 Å². The van der Waals surface area contributed by atoms with Gasteiger partial charge in [0.05, 0.1) is 5.75 Å². The summed E-state index contributed by atoms with van der Waals surface area (Å²) in [6, 6.07) is 18.8. The molecule has 30 heavy (non-hydrogen) atoms. The highest BCUT2D eigenvalue weighted by Gasteiger charge is 2.36. The molecule has 160 valence electrons. The minimum Gasteiger partial charge on any atom is -0.341 e. The minimum absolute atomic E-state index is 0.0165.